The van der Waals surface area contributed by atoms with Crippen LogP contribution in [0.4, 0.5) is 5.95 Å². The third-order valence-corrected chi connectivity index (χ3v) is 3.54. The van der Waals surface area contributed by atoms with Gasteiger partial charge in [0.05, 0.1) is 18.0 Å². The summed E-state index contributed by atoms with van der Waals surface area (Å²) >= 11 is 0. The topological polar surface area (TPSA) is 107 Å². The molecule has 0 unspecified atom stereocenters. The first-order valence-corrected chi connectivity index (χ1v) is 6.96. The first-order valence-electron chi connectivity index (χ1n) is 5.48. The van der Waals surface area contributed by atoms with Gasteiger partial charge in [-0.2, -0.15) is 0 Å². The van der Waals surface area contributed by atoms with Crippen LogP contribution >= 0.6 is 0 Å². The van der Waals surface area contributed by atoms with Crippen LogP contribution in [0.15, 0.2) is 17.3 Å². The van der Waals surface area contributed by atoms with Gasteiger partial charge < -0.3 is 10.5 Å². The standard InChI is InChI=1S/C10H18N4O3S/c1-4-17-10(2,3)7-14-18(15,16)8-5-12-9(11)13-6-8/h5-6,14H,4,7H2,1-3H3,(H2,11,12,13). The molecule has 0 aliphatic rings. The molecular formula is C10H18N4O3S. The predicted molar refractivity (Wildman–Crippen MR) is 67.3 cm³/mol. The van der Waals surface area contributed by atoms with Crippen molar-refractivity contribution in [2.45, 2.75) is 31.3 Å². The Morgan fingerprint density at radius 1 is 1.39 bits per heavy atom. The maximum Gasteiger partial charge on any atom is 0.243 e. The van der Waals surface area contributed by atoms with Gasteiger partial charge in [-0.3, -0.25) is 0 Å². The quantitative estimate of drug-likeness (QED) is 0.764. The second kappa shape index (κ2) is 5.59. The highest BCUT2D eigenvalue weighted by atomic mass is 32.2. The molecule has 7 nitrogen and oxygen atoms in total. The molecule has 0 aromatic carbocycles. The van der Waals surface area contributed by atoms with Crippen LogP contribution in [-0.2, 0) is 14.8 Å². The highest BCUT2D eigenvalue weighted by molar-refractivity contribution is 7.89. The Bertz CT molecular complexity index is 484. The average Bonchev–Trinajstić information content (AvgIpc) is 2.27. The average molecular weight is 274 g/mol. The molecule has 0 fully saturated rings. The van der Waals surface area contributed by atoms with Crippen molar-refractivity contribution in [2.24, 2.45) is 0 Å². The summed E-state index contributed by atoms with van der Waals surface area (Å²) in [5.74, 6) is 0.0311. The van der Waals surface area contributed by atoms with Gasteiger partial charge >= 0.3 is 0 Å². The molecule has 0 amide bonds. The smallest absolute Gasteiger partial charge is 0.243 e. The third kappa shape index (κ3) is 4.21. The molecular weight excluding hydrogens is 256 g/mol. The van der Waals surface area contributed by atoms with Gasteiger partial charge in [0.1, 0.15) is 4.90 Å². The van der Waals surface area contributed by atoms with E-state index in [9.17, 15) is 8.42 Å². The van der Waals surface area contributed by atoms with E-state index in [4.69, 9.17) is 10.5 Å². The summed E-state index contributed by atoms with van der Waals surface area (Å²) in [6.45, 7) is 6.13. The molecule has 0 atom stereocenters. The monoisotopic (exact) mass is 274 g/mol. The molecule has 18 heavy (non-hydrogen) atoms. The van der Waals surface area contributed by atoms with Crippen LogP contribution in [0.3, 0.4) is 0 Å². The Morgan fingerprint density at radius 3 is 2.44 bits per heavy atom. The Hall–Kier alpha value is -1.25. The predicted octanol–water partition coefficient (Wildman–Crippen LogP) is 0.152. The molecule has 0 aliphatic heterocycles. The van der Waals surface area contributed by atoms with E-state index in [0.29, 0.717) is 6.61 Å². The summed E-state index contributed by atoms with van der Waals surface area (Å²) in [4.78, 5) is 7.26. The van der Waals surface area contributed by atoms with Gasteiger partial charge in [0.25, 0.3) is 0 Å². The van der Waals surface area contributed by atoms with Gasteiger partial charge in [-0.25, -0.2) is 23.1 Å². The molecule has 1 aromatic heterocycles. The van der Waals surface area contributed by atoms with Crippen molar-refractivity contribution in [3.05, 3.63) is 12.4 Å². The van der Waals surface area contributed by atoms with Crippen LogP contribution in [-0.4, -0.2) is 37.1 Å². The minimum absolute atomic E-state index is 0.0241. The van der Waals surface area contributed by atoms with Crippen LogP contribution in [0.5, 0.6) is 0 Å². The SMILES string of the molecule is CCOC(C)(C)CNS(=O)(=O)c1cnc(N)nc1. The minimum Gasteiger partial charge on any atom is -0.375 e. The number of nitrogens with one attached hydrogen (secondary N) is 1. The number of anilines is 1. The molecule has 102 valence electrons. The maximum absolute atomic E-state index is 11.9. The summed E-state index contributed by atoms with van der Waals surface area (Å²) in [7, 11) is -3.64. The van der Waals surface area contributed by atoms with Crippen molar-refractivity contribution < 1.29 is 13.2 Å². The third-order valence-electron chi connectivity index (χ3n) is 2.18. The summed E-state index contributed by atoms with van der Waals surface area (Å²) in [5.41, 5.74) is 4.72. The van der Waals surface area contributed by atoms with Crippen molar-refractivity contribution in [1.82, 2.24) is 14.7 Å². The summed E-state index contributed by atoms with van der Waals surface area (Å²) < 4.78 is 31.7. The zero-order chi connectivity index (χ0) is 13.8. The molecule has 1 rings (SSSR count). The lowest BCUT2D eigenvalue weighted by atomic mass is 10.1. The number of aromatic nitrogens is 2. The number of rotatable bonds is 6. The molecule has 1 heterocycles. The van der Waals surface area contributed by atoms with E-state index in [-0.39, 0.29) is 17.4 Å². The molecule has 0 saturated carbocycles. The van der Waals surface area contributed by atoms with Gasteiger partial charge in [-0.1, -0.05) is 0 Å². The van der Waals surface area contributed by atoms with Crippen molar-refractivity contribution in [3.8, 4) is 0 Å². The van der Waals surface area contributed by atoms with E-state index in [1.165, 1.54) is 12.4 Å². The Balaban J connectivity index is 2.74. The van der Waals surface area contributed by atoms with Crippen molar-refractivity contribution in [3.63, 3.8) is 0 Å². The molecule has 0 radical (unpaired) electrons. The lowest BCUT2D eigenvalue weighted by molar-refractivity contribution is -0.00515. The molecule has 0 spiro atoms. The van der Waals surface area contributed by atoms with Gasteiger partial charge in [0.2, 0.25) is 16.0 Å². The van der Waals surface area contributed by atoms with Crippen LogP contribution in [0.25, 0.3) is 0 Å². The summed E-state index contributed by atoms with van der Waals surface area (Å²) in [5, 5.41) is 0. The fourth-order valence-electron chi connectivity index (χ4n) is 1.26. The minimum atomic E-state index is -3.64. The number of nitrogens with two attached hydrogens (primary N) is 1. The number of sulfonamides is 1. The summed E-state index contributed by atoms with van der Waals surface area (Å²) in [6.07, 6.45) is 2.33. The Labute approximate surface area is 107 Å². The largest absolute Gasteiger partial charge is 0.375 e. The molecule has 0 bridgehead atoms. The van der Waals surface area contributed by atoms with Crippen LogP contribution < -0.4 is 10.5 Å². The number of hydrogen-bond acceptors (Lipinski definition) is 6. The van der Waals surface area contributed by atoms with E-state index < -0.39 is 15.6 Å². The van der Waals surface area contributed by atoms with E-state index in [1.54, 1.807) is 13.8 Å². The van der Waals surface area contributed by atoms with Crippen LogP contribution in [0.2, 0.25) is 0 Å². The molecule has 1 aromatic rings. The van der Waals surface area contributed by atoms with Gasteiger partial charge in [-0.15, -0.1) is 0 Å². The molecule has 0 aliphatic carbocycles. The Kier molecular flexibility index (Phi) is 4.60. The molecule has 0 saturated heterocycles. The van der Waals surface area contributed by atoms with Crippen LogP contribution in [0, 0.1) is 0 Å². The zero-order valence-corrected chi connectivity index (χ0v) is 11.5. The lowest BCUT2D eigenvalue weighted by Gasteiger charge is -2.24. The first-order chi connectivity index (χ1) is 8.27. The van der Waals surface area contributed by atoms with Gasteiger partial charge in [0, 0.05) is 13.2 Å². The van der Waals surface area contributed by atoms with E-state index in [1.807, 2.05) is 6.92 Å². The number of nitrogens with zero attached hydrogens (tertiary/aromatic N) is 2. The fourth-order valence-corrected chi connectivity index (χ4v) is 2.35. The van der Waals surface area contributed by atoms with Crippen LogP contribution in [0.1, 0.15) is 20.8 Å². The first kappa shape index (κ1) is 14.8. The molecule has 8 heteroatoms. The molecule has 3 N–H and O–H groups in total. The van der Waals surface area contributed by atoms with E-state index >= 15 is 0 Å². The fraction of sp³-hybridized carbons (Fsp3) is 0.600. The van der Waals surface area contributed by atoms with Crippen molar-refractivity contribution >= 4 is 16.0 Å². The second-order valence-corrected chi connectivity index (χ2v) is 6.06. The van der Waals surface area contributed by atoms with Crippen molar-refractivity contribution in [1.29, 1.82) is 0 Å². The number of nitrogen functional groups attached to an aromatic ring is 1. The van der Waals surface area contributed by atoms with Gasteiger partial charge in [0.15, 0.2) is 0 Å². The highest BCUT2D eigenvalue weighted by Gasteiger charge is 2.22. The Morgan fingerprint density at radius 2 is 1.94 bits per heavy atom. The number of ether oxygens (including phenoxy) is 1. The van der Waals surface area contributed by atoms with E-state index in [0.717, 1.165) is 0 Å². The lowest BCUT2D eigenvalue weighted by Crippen LogP contribution is -2.40. The van der Waals surface area contributed by atoms with E-state index in [2.05, 4.69) is 14.7 Å². The normalized spacial score (nSPS) is 12.6. The highest BCUT2D eigenvalue weighted by Crippen LogP contribution is 2.10. The zero-order valence-electron chi connectivity index (χ0n) is 10.7. The second-order valence-electron chi connectivity index (χ2n) is 4.29. The maximum atomic E-state index is 11.9. The summed E-state index contributed by atoms with van der Waals surface area (Å²) in [6, 6.07) is 0. The van der Waals surface area contributed by atoms with Gasteiger partial charge in [-0.05, 0) is 20.8 Å². The van der Waals surface area contributed by atoms with Crippen molar-refractivity contribution in [2.75, 3.05) is 18.9 Å². The number of hydrogen-bond donors (Lipinski definition) is 2.